The topological polar surface area (TPSA) is 89.5 Å². The Labute approximate surface area is 150 Å². The molecule has 0 aliphatic carbocycles. The van der Waals surface area contributed by atoms with Crippen molar-refractivity contribution < 1.29 is 27.1 Å². The van der Waals surface area contributed by atoms with Gasteiger partial charge in [-0.2, -0.15) is 0 Å². The van der Waals surface area contributed by atoms with Gasteiger partial charge in [0, 0.05) is 0 Å². The normalized spacial score (nSPS) is 11.0. The first-order chi connectivity index (χ1) is 12.2. The highest BCUT2D eigenvalue weighted by Crippen LogP contribution is 2.18. The molecular weight excluding hydrogens is 361 g/mol. The second-order valence-electron chi connectivity index (χ2n) is 5.51. The Morgan fingerprint density at radius 3 is 2.50 bits per heavy atom. The fourth-order valence-corrected chi connectivity index (χ4v) is 3.26. The molecule has 1 N–H and O–H groups in total. The van der Waals surface area contributed by atoms with Crippen LogP contribution < -0.4 is 5.32 Å². The van der Waals surface area contributed by atoms with Crippen LogP contribution >= 0.6 is 0 Å². The predicted octanol–water partition coefficient (Wildman–Crippen LogP) is 2.72. The van der Waals surface area contributed by atoms with Crippen molar-refractivity contribution in [2.75, 3.05) is 17.7 Å². The molecule has 138 valence electrons. The minimum atomic E-state index is -3.62. The molecule has 8 heteroatoms. The molecule has 2 aromatic carbocycles. The summed E-state index contributed by atoms with van der Waals surface area (Å²) in [6.45, 7) is 2.49. The summed E-state index contributed by atoms with van der Waals surface area (Å²) < 4.78 is 42.7. The van der Waals surface area contributed by atoms with Crippen LogP contribution in [0.25, 0.3) is 0 Å². The van der Waals surface area contributed by atoms with E-state index >= 15 is 0 Å². The van der Waals surface area contributed by atoms with E-state index < -0.39 is 34.1 Å². The van der Waals surface area contributed by atoms with Crippen LogP contribution in [0.3, 0.4) is 0 Å². The standard InChI is InChI=1S/C18H18FNO5S/c1-3-26(23,24)16-7-5-4-6-13(16)18(22)25-11-17(21)20-15-9-8-12(2)10-14(15)19/h4-10H,3,11H2,1-2H3,(H,20,21). The average Bonchev–Trinajstić information content (AvgIpc) is 2.62. The van der Waals surface area contributed by atoms with E-state index in [9.17, 15) is 22.4 Å². The number of aryl methyl sites for hydroxylation is 1. The van der Waals surface area contributed by atoms with Gasteiger partial charge < -0.3 is 10.1 Å². The van der Waals surface area contributed by atoms with Gasteiger partial charge in [0.15, 0.2) is 16.4 Å². The van der Waals surface area contributed by atoms with Crippen LogP contribution in [0.4, 0.5) is 10.1 Å². The smallest absolute Gasteiger partial charge is 0.339 e. The van der Waals surface area contributed by atoms with Gasteiger partial charge in [-0.05, 0) is 36.8 Å². The second-order valence-corrected chi connectivity index (χ2v) is 7.75. The first-order valence-corrected chi connectivity index (χ1v) is 9.44. The number of carbonyl (C=O) groups excluding carboxylic acids is 2. The molecule has 0 bridgehead atoms. The van der Waals surface area contributed by atoms with Gasteiger partial charge in [0.05, 0.1) is 21.9 Å². The molecule has 0 unspecified atom stereocenters. The van der Waals surface area contributed by atoms with E-state index in [1.807, 2.05) is 0 Å². The molecule has 6 nitrogen and oxygen atoms in total. The lowest BCUT2D eigenvalue weighted by molar-refractivity contribution is -0.119. The van der Waals surface area contributed by atoms with Crippen molar-refractivity contribution in [1.82, 2.24) is 0 Å². The lowest BCUT2D eigenvalue weighted by Crippen LogP contribution is -2.22. The number of sulfone groups is 1. The number of amides is 1. The maximum absolute atomic E-state index is 13.7. The Bertz CT molecular complexity index is 940. The molecule has 0 spiro atoms. The van der Waals surface area contributed by atoms with Gasteiger partial charge in [-0.25, -0.2) is 17.6 Å². The van der Waals surface area contributed by atoms with Crippen molar-refractivity contribution in [2.45, 2.75) is 18.7 Å². The van der Waals surface area contributed by atoms with Crippen LogP contribution in [0.15, 0.2) is 47.4 Å². The number of halogens is 1. The Balaban J connectivity index is 2.06. The van der Waals surface area contributed by atoms with Gasteiger partial charge in [-0.15, -0.1) is 0 Å². The zero-order valence-corrected chi connectivity index (χ0v) is 15.1. The Morgan fingerprint density at radius 2 is 1.85 bits per heavy atom. The first kappa shape index (κ1) is 19.6. The molecule has 1 amide bonds. The second kappa shape index (κ2) is 8.09. The summed E-state index contributed by atoms with van der Waals surface area (Å²) >= 11 is 0. The van der Waals surface area contributed by atoms with Crippen molar-refractivity contribution in [3.8, 4) is 0 Å². The third-order valence-corrected chi connectivity index (χ3v) is 5.34. The number of rotatable bonds is 6. The lowest BCUT2D eigenvalue weighted by Gasteiger charge is -2.10. The summed E-state index contributed by atoms with van der Waals surface area (Å²) in [5.41, 5.74) is 0.509. The molecule has 0 saturated carbocycles. The minimum Gasteiger partial charge on any atom is -0.452 e. The van der Waals surface area contributed by atoms with E-state index in [4.69, 9.17) is 4.74 Å². The number of anilines is 1. The Hall–Kier alpha value is -2.74. The van der Waals surface area contributed by atoms with E-state index in [1.165, 1.54) is 43.3 Å². The molecule has 0 radical (unpaired) electrons. The molecular formula is C18H18FNO5S. The van der Waals surface area contributed by atoms with Crippen LogP contribution in [-0.2, 0) is 19.4 Å². The molecule has 2 rings (SSSR count). The van der Waals surface area contributed by atoms with E-state index in [-0.39, 0.29) is 21.9 Å². The molecule has 0 atom stereocenters. The van der Waals surface area contributed by atoms with Crippen molar-refractivity contribution in [3.63, 3.8) is 0 Å². The summed E-state index contributed by atoms with van der Waals surface area (Å²) in [6.07, 6.45) is 0. The maximum atomic E-state index is 13.7. The van der Waals surface area contributed by atoms with Crippen LogP contribution in [0, 0.1) is 12.7 Å². The number of nitrogens with one attached hydrogen (secondary N) is 1. The number of ether oxygens (including phenoxy) is 1. The van der Waals surface area contributed by atoms with Gasteiger partial charge in [-0.1, -0.05) is 25.1 Å². The summed E-state index contributed by atoms with van der Waals surface area (Å²) in [4.78, 5) is 23.9. The number of benzene rings is 2. The third kappa shape index (κ3) is 4.66. The molecule has 0 aromatic heterocycles. The van der Waals surface area contributed by atoms with Crippen molar-refractivity contribution in [2.24, 2.45) is 0 Å². The molecule has 0 aliphatic rings. The van der Waals surface area contributed by atoms with Gasteiger partial charge in [-0.3, -0.25) is 4.79 Å². The van der Waals surface area contributed by atoms with Crippen molar-refractivity contribution in [1.29, 1.82) is 0 Å². The van der Waals surface area contributed by atoms with Crippen LogP contribution in [0.1, 0.15) is 22.8 Å². The lowest BCUT2D eigenvalue weighted by atomic mass is 10.2. The van der Waals surface area contributed by atoms with Crippen LogP contribution in [-0.4, -0.2) is 32.7 Å². The molecule has 0 saturated heterocycles. The summed E-state index contributed by atoms with van der Waals surface area (Å²) in [5.74, 6) is -2.47. The Kier molecular flexibility index (Phi) is 6.10. The SMILES string of the molecule is CCS(=O)(=O)c1ccccc1C(=O)OCC(=O)Nc1ccc(C)cc1F. The number of hydrogen-bond acceptors (Lipinski definition) is 5. The highest BCUT2D eigenvalue weighted by atomic mass is 32.2. The zero-order valence-electron chi connectivity index (χ0n) is 14.3. The third-order valence-electron chi connectivity index (χ3n) is 3.56. The average molecular weight is 379 g/mol. The summed E-state index contributed by atoms with van der Waals surface area (Å²) in [6, 6.07) is 9.87. The van der Waals surface area contributed by atoms with Gasteiger partial charge in [0.25, 0.3) is 5.91 Å². The fraction of sp³-hybridized carbons (Fsp3) is 0.222. The highest BCUT2D eigenvalue weighted by molar-refractivity contribution is 7.91. The van der Waals surface area contributed by atoms with Gasteiger partial charge in [0.2, 0.25) is 0 Å². The fourth-order valence-electron chi connectivity index (χ4n) is 2.18. The zero-order chi connectivity index (χ0) is 19.3. The molecule has 26 heavy (non-hydrogen) atoms. The van der Waals surface area contributed by atoms with Gasteiger partial charge in [0.1, 0.15) is 5.82 Å². The van der Waals surface area contributed by atoms with Crippen molar-refractivity contribution in [3.05, 3.63) is 59.4 Å². The van der Waals surface area contributed by atoms with E-state index in [0.29, 0.717) is 5.56 Å². The minimum absolute atomic E-state index is 0.0365. The number of carbonyl (C=O) groups is 2. The van der Waals surface area contributed by atoms with E-state index in [0.717, 1.165) is 0 Å². The first-order valence-electron chi connectivity index (χ1n) is 7.79. The maximum Gasteiger partial charge on any atom is 0.339 e. The molecule has 0 aliphatic heterocycles. The Morgan fingerprint density at radius 1 is 1.15 bits per heavy atom. The molecule has 0 heterocycles. The molecule has 0 fully saturated rings. The summed E-state index contributed by atoms with van der Waals surface area (Å²) in [5, 5.41) is 2.29. The quantitative estimate of drug-likeness (QED) is 0.780. The van der Waals surface area contributed by atoms with Crippen LogP contribution in [0.2, 0.25) is 0 Å². The monoisotopic (exact) mass is 379 g/mol. The van der Waals surface area contributed by atoms with Crippen molar-refractivity contribution >= 4 is 27.4 Å². The highest BCUT2D eigenvalue weighted by Gasteiger charge is 2.22. The van der Waals surface area contributed by atoms with E-state index in [2.05, 4.69) is 5.32 Å². The predicted molar refractivity (Wildman–Crippen MR) is 94.2 cm³/mol. The number of hydrogen-bond donors (Lipinski definition) is 1. The van der Waals surface area contributed by atoms with Crippen LogP contribution in [0.5, 0.6) is 0 Å². The van der Waals surface area contributed by atoms with Gasteiger partial charge >= 0.3 is 5.97 Å². The summed E-state index contributed by atoms with van der Waals surface area (Å²) in [7, 11) is -3.62. The number of esters is 1. The molecule has 2 aromatic rings. The largest absolute Gasteiger partial charge is 0.452 e. The van der Waals surface area contributed by atoms with E-state index in [1.54, 1.807) is 13.0 Å².